The summed E-state index contributed by atoms with van der Waals surface area (Å²) in [5, 5.41) is 1.70. The number of fused-ring (bicyclic) bond motifs is 2. The van der Waals surface area contributed by atoms with Crippen LogP contribution in [0, 0.1) is 0 Å². The van der Waals surface area contributed by atoms with Gasteiger partial charge in [0.2, 0.25) is 0 Å². The Hall–Kier alpha value is -4.20. The predicted octanol–water partition coefficient (Wildman–Crippen LogP) is 6.89. The molecule has 0 aliphatic carbocycles. The standard InChI is InChI=1S/C29H30N2O6/c1-27(2,3)34-25(32)36-29(37-26(33)35-28(4,5)6,23-17-15-19-11-7-9-13-21(19)30-23)24-18-16-20-12-8-10-14-22(20)31-24/h7-18H,1-6H3. The summed E-state index contributed by atoms with van der Waals surface area (Å²) >= 11 is 0. The highest BCUT2D eigenvalue weighted by Crippen LogP contribution is 2.37. The molecule has 8 heteroatoms. The quantitative estimate of drug-likeness (QED) is 0.220. The van der Waals surface area contributed by atoms with Crippen molar-refractivity contribution in [1.29, 1.82) is 0 Å². The van der Waals surface area contributed by atoms with Gasteiger partial charge in [-0.05, 0) is 65.8 Å². The Labute approximate surface area is 215 Å². The van der Waals surface area contributed by atoms with Crippen molar-refractivity contribution in [2.45, 2.75) is 58.5 Å². The minimum Gasteiger partial charge on any atom is -0.428 e. The number of ether oxygens (including phenoxy) is 4. The number of benzene rings is 2. The first-order valence-electron chi connectivity index (χ1n) is 11.9. The van der Waals surface area contributed by atoms with Gasteiger partial charge in [0, 0.05) is 10.8 Å². The van der Waals surface area contributed by atoms with Gasteiger partial charge in [0.25, 0.3) is 0 Å². The van der Waals surface area contributed by atoms with Crippen LogP contribution in [0.2, 0.25) is 0 Å². The smallest absolute Gasteiger partial charge is 0.428 e. The summed E-state index contributed by atoms with van der Waals surface area (Å²) in [4.78, 5) is 35.6. The first-order valence-corrected chi connectivity index (χ1v) is 11.9. The Balaban J connectivity index is 1.95. The molecule has 0 bridgehead atoms. The van der Waals surface area contributed by atoms with Gasteiger partial charge in [-0.15, -0.1) is 0 Å². The molecule has 2 aromatic carbocycles. The second-order valence-electron chi connectivity index (χ2n) is 10.5. The number of hydrogen-bond donors (Lipinski definition) is 0. The minimum atomic E-state index is -2.21. The summed E-state index contributed by atoms with van der Waals surface area (Å²) in [6.45, 7) is 10.2. The Kier molecular flexibility index (Phi) is 6.78. The van der Waals surface area contributed by atoms with Crippen LogP contribution in [0.4, 0.5) is 9.59 Å². The van der Waals surface area contributed by atoms with E-state index in [1.165, 1.54) is 0 Å². The van der Waals surface area contributed by atoms with Crippen LogP contribution in [0.15, 0.2) is 72.8 Å². The molecule has 2 aromatic heterocycles. The minimum absolute atomic E-state index is 0.116. The predicted molar refractivity (Wildman–Crippen MR) is 139 cm³/mol. The SMILES string of the molecule is CC(C)(C)OC(=O)OC(OC(=O)OC(C)(C)C)(c1ccc2ccccc2n1)c1ccc2ccccc2n1. The number of aromatic nitrogens is 2. The lowest BCUT2D eigenvalue weighted by atomic mass is 10.0. The molecule has 4 rings (SSSR count). The number of carbonyl (C=O) groups excluding carboxylic acids is 2. The molecule has 0 aliphatic rings. The molecule has 0 radical (unpaired) electrons. The molecule has 0 amide bonds. The second-order valence-corrected chi connectivity index (χ2v) is 10.5. The van der Waals surface area contributed by atoms with E-state index in [1.807, 2.05) is 36.4 Å². The van der Waals surface area contributed by atoms with Crippen LogP contribution in [0.5, 0.6) is 0 Å². The zero-order chi connectivity index (χ0) is 26.8. The average Bonchev–Trinajstić information content (AvgIpc) is 2.80. The van der Waals surface area contributed by atoms with Gasteiger partial charge in [0.05, 0.1) is 11.0 Å². The van der Waals surface area contributed by atoms with Crippen molar-refractivity contribution in [3.8, 4) is 0 Å². The summed E-state index contributed by atoms with van der Waals surface area (Å²) in [5.41, 5.74) is -0.307. The van der Waals surface area contributed by atoms with E-state index < -0.39 is 29.3 Å². The number of nitrogens with zero attached hydrogens (tertiary/aromatic N) is 2. The zero-order valence-electron chi connectivity index (χ0n) is 21.8. The number of hydrogen-bond acceptors (Lipinski definition) is 8. The maximum atomic E-state index is 13.1. The third-order valence-corrected chi connectivity index (χ3v) is 5.10. The van der Waals surface area contributed by atoms with Crippen LogP contribution in [0.3, 0.4) is 0 Å². The highest BCUT2D eigenvalue weighted by molar-refractivity contribution is 5.80. The van der Waals surface area contributed by atoms with Crippen molar-refractivity contribution < 1.29 is 28.5 Å². The largest absolute Gasteiger partial charge is 0.512 e. The Morgan fingerprint density at radius 2 is 0.919 bits per heavy atom. The molecule has 8 nitrogen and oxygen atoms in total. The summed E-state index contributed by atoms with van der Waals surface area (Å²) in [5.74, 6) is -2.21. The Bertz CT molecular complexity index is 1340. The fourth-order valence-corrected chi connectivity index (χ4v) is 3.64. The van der Waals surface area contributed by atoms with E-state index in [0.717, 1.165) is 10.8 Å². The van der Waals surface area contributed by atoms with Gasteiger partial charge in [-0.3, -0.25) is 0 Å². The lowest BCUT2D eigenvalue weighted by Crippen LogP contribution is -2.43. The van der Waals surface area contributed by atoms with Gasteiger partial charge in [-0.25, -0.2) is 19.6 Å². The van der Waals surface area contributed by atoms with Gasteiger partial charge in [-0.2, -0.15) is 0 Å². The fraction of sp³-hybridized carbons (Fsp3) is 0.310. The first kappa shape index (κ1) is 25.9. The van der Waals surface area contributed by atoms with Crippen LogP contribution in [0.1, 0.15) is 52.9 Å². The van der Waals surface area contributed by atoms with Crippen molar-refractivity contribution in [3.63, 3.8) is 0 Å². The molecule has 0 saturated carbocycles. The van der Waals surface area contributed by atoms with Gasteiger partial charge in [-0.1, -0.05) is 48.5 Å². The number of para-hydroxylation sites is 2. The summed E-state index contributed by atoms with van der Waals surface area (Å²) in [7, 11) is 0. The van der Waals surface area contributed by atoms with E-state index in [2.05, 4.69) is 0 Å². The molecule has 2 heterocycles. The van der Waals surface area contributed by atoms with Crippen LogP contribution in [0.25, 0.3) is 21.8 Å². The maximum absolute atomic E-state index is 13.1. The van der Waals surface area contributed by atoms with E-state index in [-0.39, 0.29) is 11.4 Å². The summed E-state index contributed by atoms with van der Waals surface area (Å²) < 4.78 is 22.6. The summed E-state index contributed by atoms with van der Waals surface area (Å²) in [6, 6.07) is 21.7. The Morgan fingerprint density at radius 1 is 0.541 bits per heavy atom. The Morgan fingerprint density at radius 3 is 1.30 bits per heavy atom. The number of rotatable bonds is 4. The molecule has 37 heavy (non-hydrogen) atoms. The second kappa shape index (κ2) is 9.69. The van der Waals surface area contributed by atoms with Crippen LogP contribution in [-0.2, 0) is 24.7 Å². The van der Waals surface area contributed by atoms with E-state index >= 15 is 0 Å². The van der Waals surface area contributed by atoms with Crippen LogP contribution in [-0.4, -0.2) is 33.5 Å². The molecule has 0 aliphatic heterocycles. The average molecular weight is 503 g/mol. The van der Waals surface area contributed by atoms with Gasteiger partial charge < -0.3 is 18.9 Å². The molecule has 0 unspecified atom stereocenters. The van der Waals surface area contributed by atoms with Crippen molar-refractivity contribution in [2.75, 3.05) is 0 Å². The zero-order valence-corrected chi connectivity index (χ0v) is 21.8. The number of carbonyl (C=O) groups is 2. The van der Waals surface area contributed by atoms with Crippen LogP contribution < -0.4 is 0 Å². The fourth-order valence-electron chi connectivity index (χ4n) is 3.64. The molecule has 0 atom stereocenters. The lowest BCUT2D eigenvalue weighted by Gasteiger charge is -2.33. The van der Waals surface area contributed by atoms with Crippen molar-refractivity contribution in [3.05, 3.63) is 84.2 Å². The molecule has 0 saturated heterocycles. The van der Waals surface area contributed by atoms with Gasteiger partial charge in [0.1, 0.15) is 22.6 Å². The van der Waals surface area contributed by atoms with Gasteiger partial charge >= 0.3 is 18.1 Å². The highest BCUT2D eigenvalue weighted by atomic mass is 16.8. The molecule has 4 aromatic rings. The first-order chi connectivity index (χ1) is 17.3. The third-order valence-electron chi connectivity index (χ3n) is 5.10. The van der Waals surface area contributed by atoms with Crippen molar-refractivity contribution in [2.24, 2.45) is 0 Å². The maximum Gasteiger partial charge on any atom is 0.512 e. The van der Waals surface area contributed by atoms with E-state index in [9.17, 15) is 9.59 Å². The van der Waals surface area contributed by atoms with E-state index in [4.69, 9.17) is 28.9 Å². The highest BCUT2D eigenvalue weighted by Gasteiger charge is 2.48. The normalized spacial score (nSPS) is 12.3. The van der Waals surface area contributed by atoms with Crippen molar-refractivity contribution >= 4 is 34.1 Å². The van der Waals surface area contributed by atoms with E-state index in [0.29, 0.717) is 11.0 Å². The lowest BCUT2D eigenvalue weighted by molar-refractivity contribution is -0.187. The number of pyridine rings is 2. The molecular formula is C29H30N2O6. The molecule has 192 valence electrons. The molecular weight excluding hydrogens is 472 g/mol. The molecule has 0 fully saturated rings. The third kappa shape index (κ3) is 6.14. The van der Waals surface area contributed by atoms with Gasteiger partial charge in [0.15, 0.2) is 0 Å². The monoisotopic (exact) mass is 502 g/mol. The van der Waals surface area contributed by atoms with E-state index in [1.54, 1.807) is 77.9 Å². The molecule has 0 N–H and O–H groups in total. The molecule has 0 spiro atoms. The topological polar surface area (TPSA) is 96.8 Å². The summed E-state index contributed by atoms with van der Waals surface area (Å²) in [6.07, 6.45) is -2.14. The van der Waals surface area contributed by atoms with Crippen LogP contribution >= 0.6 is 0 Å². The van der Waals surface area contributed by atoms with Crippen molar-refractivity contribution in [1.82, 2.24) is 9.97 Å².